The van der Waals surface area contributed by atoms with Crippen molar-refractivity contribution in [3.05, 3.63) is 152 Å². The normalized spacial score (nSPS) is 11.9. The van der Waals surface area contributed by atoms with E-state index in [0.29, 0.717) is 0 Å². The minimum atomic E-state index is 1.17. The second kappa shape index (κ2) is 8.55. The van der Waals surface area contributed by atoms with Gasteiger partial charge in [0.1, 0.15) is 0 Å². The zero-order chi connectivity index (χ0) is 26.9. The van der Waals surface area contributed by atoms with E-state index in [1.807, 2.05) is 0 Å². The molecular weight excluding hydrogens is 494 g/mol. The molecule has 0 fully saturated rings. The fourth-order valence-electron chi connectivity index (χ4n) is 7.02. The monoisotopic (exact) mass is 519 g/mol. The highest BCUT2D eigenvalue weighted by atomic mass is 15.0. The van der Waals surface area contributed by atoms with Gasteiger partial charge < -0.3 is 4.57 Å². The Morgan fingerprint density at radius 2 is 0.805 bits per heavy atom. The van der Waals surface area contributed by atoms with Crippen LogP contribution in [0.15, 0.2) is 152 Å². The lowest BCUT2D eigenvalue weighted by Gasteiger charge is -2.16. The molecule has 0 spiro atoms. The summed E-state index contributed by atoms with van der Waals surface area (Å²) in [6, 6.07) is 55.5. The van der Waals surface area contributed by atoms with Crippen LogP contribution in [0.25, 0.3) is 82.8 Å². The highest BCUT2D eigenvalue weighted by molar-refractivity contribution is 6.27. The number of fused-ring (bicyclic) bond motifs is 2. The van der Waals surface area contributed by atoms with Crippen molar-refractivity contribution in [2.75, 3.05) is 0 Å². The Morgan fingerprint density at radius 3 is 1.37 bits per heavy atom. The van der Waals surface area contributed by atoms with Gasteiger partial charge in [-0.25, -0.2) is 0 Å². The SMILES string of the molecule is c1ccc(-c2ccc(-n3c4cccc5c4c4c(cccc43)-c3cccc4cccc-5c34)cc2-c2ccccc2)cc1. The Kier molecular flexibility index (Phi) is 4.67. The number of hydrogen-bond donors (Lipinski definition) is 0. The zero-order valence-corrected chi connectivity index (χ0v) is 22.4. The first-order chi connectivity index (χ1) is 20.4. The van der Waals surface area contributed by atoms with Gasteiger partial charge in [0, 0.05) is 16.5 Å². The maximum absolute atomic E-state index is 2.47. The zero-order valence-electron chi connectivity index (χ0n) is 22.4. The van der Waals surface area contributed by atoms with Crippen molar-refractivity contribution in [2.45, 2.75) is 0 Å². The standard InChI is InChI=1S/C40H25N/c1-3-11-26(12-4-1)30-24-23-29(25-35(30)27-13-5-2-6-14-27)41-36-21-9-19-33-31-17-7-15-28-16-8-18-32(38(28)31)34-20-10-22-37(41)40(34)39(33)36/h1-25H. The van der Waals surface area contributed by atoms with E-state index in [1.54, 1.807) is 0 Å². The molecule has 1 nitrogen and oxygen atoms in total. The van der Waals surface area contributed by atoms with E-state index in [-0.39, 0.29) is 0 Å². The van der Waals surface area contributed by atoms with E-state index < -0.39 is 0 Å². The summed E-state index contributed by atoms with van der Waals surface area (Å²) in [5, 5.41) is 5.29. The molecule has 41 heavy (non-hydrogen) atoms. The van der Waals surface area contributed by atoms with Crippen molar-refractivity contribution in [2.24, 2.45) is 0 Å². The van der Waals surface area contributed by atoms with Crippen molar-refractivity contribution >= 4 is 32.6 Å². The number of nitrogens with zero attached hydrogens (tertiary/aromatic N) is 1. The van der Waals surface area contributed by atoms with E-state index in [0.717, 1.165) is 0 Å². The number of benzene rings is 7. The van der Waals surface area contributed by atoms with E-state index in [2.05, 4.69) is 156 Å². The Morgan fingerprint density at radius 1 is 0.317 bits per heavy atom. The summed E-state index contributed by atoms with van der Waals surface area (Å²) in [5.74, 6) is 0. The molecule has 1 heterocycles. The van der Waals surface area contributed by atoms with Gasteiger partial charge in [-0.3, -0.25) is 0 Å². The van der Waals surface area contributed by atoms with E-state index in [1.165, 1.54) is 82.8 Å². The molecule has 1 aliphatic rings. The van der Waals surface area contributed by atoms with Gasteiger partial charge in [-0.05, 0) is 79.5 Å². The fourth-order valence-corrected chi connectivity index (χ4v) is 7.02. The maximum atomic E-state index is 2.47. The topological polar surface area (TPSA) is 4.93 Å². The molecule has 0 N–H and O–H groups in total. The van der Waals surface area contributed by atoms with Crippen molar-refractivity contribution in [1.29, 1.82) is 0 Å². The summed E-state index contributed by atoms with van der Waals surface area (Å²) in [4.78, 5) is 0. The van der Waals surface area contributed by atoms with Crippen LogP contribution in [0.1, 0.15) is 0 Å². The highest BCUT2D eigenvalue weighted by Gasteiger charge is 2.24. The smallest absolute Gasteiger partial charge is 0.0547 e. The Balaban J connectivity index is 1.40. The molecule has 0 amide bonds. The van der Waals surface area contributed by atoms with Gasteiger partial charge in [0.2, 0.25) is 0 Å². The third kappa shape index (κ3) is 3.18. The van der Waals surface area contributed by atoms with E-state index >= 15 is 0 Å². The molecule has 0 radical (unpaired) electrons. The van der Waals surface area contributed by atoms with Crippen LogP contribution in [0.3, 0.4) is 0 Å². The largest absolute Gasteiger partial charge is 0.309 e. The predicted molar refractivity (Wildman–Crippen MR) is 174 cm³/mol. The number of hydrogen-bond acceptors (Lipinski definition) is 0. The average Bonchev–Trinajstić information content (AvgIpc) is 3.33. The third-order valence-corrected chi connectivity index (χ3v) is 8.73. The quantitative estimate of drug-likeness (QED) is 0.219. The van der Waals surface area contributed by atoms with Crippen LogP contribution in [-0.2, 0) is 0 Å². The first-order valence-corrected chi connectivity index (χ1v) is 14.2. The molecule has 7 aromatic carbocycles. The molecule has 1 aliphatic carbocycles. The Labute approximate surface area is 238 Å². The van der Waals surface area contributed by atoms with Crippen LogP contribution in [-0.4, -0.2) is 4.57 Å². The highest BCUT2D eigenvalue weighted by Crippen LogP contribution is 2.49. The second-order valence-corrected chi connectivity index (χ2v) is 10.9. The van der Waals surface area contributed by atoms with Crippen molar-refractivity contribution < 1.29 is 0 Å². The van der Waals surface area contributed by atoms with E-state index in [4.69, 9.17) is 0 Å². The summed E-state index contributed by atoms with van der Waals surface area (Å²) < 4.78 is 2.47. The molecular formula is C40H25N. The van der Waals surface area contributed by atoms with Crippen LogP contribution < -0.4 is 0 Å². The van der Waals surface area contributed by atoms with Crippen LogP contribution in [0, 0.1) is 0 Å². The Bertz CT molecular complexity index is 2190. The van der Waals surface area contributed by atoms with Crippen molar-refractivity contribution in [1.82, 2.24) is 4.57 Å². The van der Waals surface area contributed by atoms with Crippen LogP contribution in [0.4, 0.5) is 0 Å². The summed E-state index contributed by atoms with van der Waals surface area (Å²) in [6.07, 6.45) is 0. The van der Waals surface area contributed by atoms with E-state index in [9.17, 15) is 0 Å². The van der Waals surface area contributed by atoms with Crippen LogP contribution in [0.2, 0.25) is 0 Å². The summed E-state index contributed by atoms with van der Waals surface area (Å²) in [7, 11) is 0. The molecule has 0 saturated heterocycles. The minimum absolute atomic E-state index is 1.17. The van der Waals surface area contributed by atoms with Gasteiger partial charge in [0.05, 0.1) is 11.0 Å². The van der Waals surface area contributed by atoms with Crippen molar-refractivity contribution in [3.63, 3.8) is 0 Å². The minimum Gasteiger partial charge on any atom is -0.309 e. The molecule has 1 heteroatoms. The molecule has 8 aromatic rings. The maximum Gasteiger partial charge on any atom is 0.0547 e. The lowest BCUT2D eigenvalue weighted by molar-refractivity contribution is 1.18. The predicted octanol–water partition coefficient (Wildman–Crippen LogP) is 10.9. The lowest BCUT2D eigenvalue weighted by atomic mass is 9.93. The molecule has 190 valence electrons. The van der Waals surface area contributed by atoms with Gasteiger partial charge in [-0.1, -0.05) is 127 Å². The number of rotatable bonds is 3. The van der Waals surface area contributed by atoms with Crippen molar-refractivity contribution in [3.8, 4) is 50.2 Å². The summed E-state index contributed by atoms with van der Waals surface area (Å²) >= 11 is 0. The summed E-state index contributed by atoms with van der Waals surface area (Å²) in [6.45, 7) is 0. The molecule has 0 unspecified atom stereocenters. The first kappa shape index (κ1) is 22.4. The molecule has 1 aromatic heterocycles. The molecule has 0 atom stereocenters. The molecule has 0 aliphatic heterocycles. The second-order valence-electron chi connectivity index (χ2n) is 10.9. The van der Waals surface area contributed by atoms with Crippen LogP contribution in [0.5, 0.6) is 0 Å². The third-order valence-electron chi connectivity index (χ3n) is 8.73. The average molecular weight is 520 g/mol. The van der Waals surface area contributed by atoms with Gasteiger partial charge in [-0.2, -0.15) is 0 Å². The Hall–Kier alpha value is -5.40. The first-order valence-electron chi connectivity index (χ1n) is 14.2. The van der Waals surface area contributed by atoms with Gasteiger partial charge in [0.25, 0.3) is 0 Å². The fraction of sp³-hybridized carbons (Fsp3) is 0. The van der Waals surface area contributed by atoms with Crippen LogP contribution >= 0.6 is 0 Å². The lowest BCUT2D eigenvalue weighted by Crippen LogP contribution is -1.96. The molecule has 0 saturated carbocycles. The molecule has 9 rings (SSSR count). The van der Waals surface area contributed by atoms with Gasteiger partial charge in [0.15, 0.2) is 0 Å². The summed E-state index contributed by atoms with van der Waals surface area (Å²) in [5.41, 5.74) is 13.8. The molecule has 0 bridgehead atoms. The number of aromatic nitrogens is 1. The van der Waals surface area contributed by atoms with Gasteiger partial charge in [-0.15, -0.1) is 0 Å². The van der Waals surface area contributed by atoms with Gasteiger partial charge >= 0.3 is 0 Å².